The summed E-state index contributed by atoms with van der Waals surface area (Å²) in [4.78, 5) is 24.5. The molecule has 0 saturated carbocycles. The van der Waals surface area contributed by atoms with Gasteiger partial charge in [-0.1, -0.05) is 35.9 Å². The molecule has 4 nitrogen and oxygen atoms in total. The predicted molar refractivity (Wildman–Crippen MR) is 105 cm³/mol. The molecule has 1 aromatic carbocycles. The molecule has 2 aromatic rings. The lowest BCUT2D eigenvalue weighted by Gasteiger charge is -2.05. The molecule has 2 rings (SSSR count). The summed E-state index contributed by atoms with van der Waals surface area (Å²) in [6.07, 6.45) is 2.81. The maximum atomic E-state index is 11.6. The zero-order valence-corrected chi connectivity index (χ0v) is 15.8. The molecule has 0 bridgehead atoms. The Labute approximate surface area is 160 Å². The van der Waals surface area contributed by atoms with E-state index in [1.807, 2.05) is 17.5 Å². The van der Waals surface area contributed by atoms with Crippen LogP contribution < -0.4 is 5.32 Å². The van der Waals surface area contributed by atoms with Gasteiger partial charge in [-0.25, -0.2) is 4.79 Å². The van der Waals surface area contributed by atoms with E-state index in [0.717, 1.165) is 11.5 Å². The fourth-order valence-corrected chi connectivity index (χ4v) is 3.73. The Morgan fingerprint density at radius 1 is 1.24 bits per heavy atom. The number of thioether (sulfide) groups is 1. The number of thiophene rings is 1. The van der Waals surface area contributed by atoms with E-state index in [9.17, 15) is 9.59 Å². The summed E-state index contributed by atoms with van der Waals surface area (Å²) >= 11 is 9.45. The van der Waals surface area contributed by atoms with Crippen LogP contribution in [0.25, 0.3) is 6.08 Å². The molecular formula is C18H18ClNO3S2. The van der Waals surface area contributed by atoms with Crippen molar-refractivity contribution in [1.29, 1.82) is 0 Å². The number of ether oxygens (including phenoxy) is 1. The molecule has 0 radical (unpaired) electrons. The highest BCUT2D eigenvalue weighted by Crippen LogP contribution is 2.17. The van der Waals surface area contributed by atoms with E-state index in [0.29, 0.717) is 17.1 Å². The maximum absolute atomic E-state index is 11.6. The van der Waals surface area contributed by atoms with E-state index in [1.165, 1.54) is 11.0 Å². The lowest BCUT2D eigenvalue weighted by atomic mass is 10.2. The van der Waals surface area contributed by atoms with Crippen molar-refractivity contribution in [1.82, 2.24) is 5.32 Å². The van der Waals surface area contributed by atoms with Gasteiger partial charge in [0.15, 0.2) is 6.61 Å². The Balaban J connectivity index is 1.58. The molecule has 0 unspecified atom stereocenters. The average molecular weight is 396 g/mol. The van der Waals surface area contributed by atoms with Crippen LogP contribution in [-0.2, 0) is 20.1 Å². The lowest BCUT2D eigenvalue weighted by Crippen LogP contribution is -2.30. The second-order valence-electron chi connectivity index (χ2n) is 4.94. The molecule has 0 atom stereocenters. The quantitative estimate of drug-likeness (QED) is 0.396. The van der Waals surface area contributed by atoms with Crippen LogP contribution in [0.3, 0.4) is 0 Å². The van der Waals surface area contributed by atoms with Gasteiger partial charge in [-0.2, -0.15) is 11.8 Å². The Morgan fingerprint density at radius 3 is 2.84 bits per heavy atom. The highest BCUT2D eigenvalue weighted by Gasteiger charge is 2.05. The van der Waals surface area contributed by atoms with Crippen molar-refractivity contribution >= 4 is 52.7 Å². The standard InChI is InChI=1S/C18H18ClNO3S2/c19-16-6-2-1-4-14(16)7-8-18(22)23-12-17(21)20-9-11-24-13-15-5-3-10-25-15/h1-8,10H,9,11-13H2,(H,20,21)/b8-7+. The first-order chi connectivity index (χ1) is 12.1. The van der Waals surface area contributed by atoms with Gasteiger partial charge in [0.05, 0.1) is 0 Å². The first kappa shape index (κ1) is 19.6. The third-order valence-corrected chi connectivity index (χ3v) is 5.45. The van der Waals surface area contributed by atoms with Gasteiger partial charge in [0.1, 0.15) is 0 Å². The molecule has 7 heteroatoms. The summed E-state index contributed by atoms with van der Waals surface area (Å²) in [5.74, 6) is 0.859. The van der Waals surface area contributed by atoms with Crippen molar-refractivity contribution in [3.05, 3.63) is 63.3 Å². The number of hydrogen-bond acceptors (Lipinski definition) is 5. The predicted octanol–water partition coefficient (Wildman–Crippen LogP) is 4.01. The van der Waals surface area contributed by atoms with E-state index < -0.39 is 5.97 Å². The molecule has 0 aliphatic rings. The molecule has 0 aliphatic heterocycles. The molecule has 1 amide bonds. The maximum Gasteiger partial charge on any atom is 0.331 e. The molecule has 0 aliphatic carbocycles. The summed E-state index contributed by atoms with van der Waals surface area (Å²) in [6.45, 7) is 0.253. The van der Waals surface area contributed by atoms with E-state index in [2.05, 4.69) is 11.4 Å². The number of benzene rings is 1. The lowest BCUT2D eigenvalue weighted by molar-refractivity contribution is -0.143. The van der Waals surface area contributed by atoms with Gasteiger partial charge < -0.3 is 10.1 Å². The van der Waals surface area contributed by atoms with Crippen molar-refractivity contribution in [2.45, 2.75) is 5.75 Å². The largest absolute Gasteiger partial charge is 0.452 e. The van der Waals surface area contributed by atoms with E-state index in [-0.39, 0.29) is 12.5 Å². The Kier molecular flexibility index (Phi) is 8.59. The van der Waals surface area contributed by atoms with Crippen molar-refractivity contribution < 1.29 is 14.3 Å². The van der Waals surface area contributed by atoms with Crippen molar-refractivity contribution in [2.24, 2.45) is 0 Å². The minimum absolute atomic E-state index is 0.290. The molecule has 0 spiro atoms. The summed E-state index contributed by atoms with van der Waals surface area (Å²) in [5.41, 5.74) is 0.716. The van der Waals surface area contributed by atoms with Crippen molar-refractivity contribution in [3.8, 4) is 0 Å². The SMILES string of the molecule is O=C(COC(=O)/C=C/c1ccccc1Cl)NCCSCc1cccs1. The number of nitrogens with one attached hydrogen (secondary N) is 1. The third-order valence-electron chi connectivity index (χ3n) is 3.04. The van der Waals surface area contributed by atoms with Crippen molar-refractivity contribution in [2.75, 3.05) is 18.9 Å². The van der Waals surface area contributed by atoms with E-state index >= 15 is 0 Å². The third kappa shape index (κ3) is 7.77. The monoisotopic (exact) mass is 395 g/mol. The Hall–Kier alpha value is -1.76. The highest BCUT2D eigenvalue weighted by atomic mass is 35.5. The van der Waals surface area contributed by atoms with Gasteiger partial charge >= 0.3 is 5.97 Å². The number of esters is 1. The molecule has 1 aromatic heterocycles. The average Bonchev–Trinajstić information content (AvgIpc) is 3.12. The fraction of sp³-hybridized carbons (Fsp3) is 0.222. The van der Waals surface area contributed by atoms with E-state index in [4.69, 9.17) is 16.3 Å². The molecule has 0 fully saturated rings. The smallest absolute Gasteiger partial charge is 0.331 e. The summed E-state index contributed by atoms with van der Waals surface area (Å²) in [7, 11) is 0. The zero-order valence-electron chi connectivity index (χ0n) is 13.4. The summed E-state index contributed by atoms with van der Waals surface area (Å²) in [5, 5.41) is 5.32. The molecule has 1 heterocycles. The molecule has 132 valence electrons. The van der Waals surface area contributed by atoms with Crippen LogP contribution in [0.4, 0.5) is 0 Å². The molecule has 0 saturated heterocycles. The summed E-state index contributed by atoms with van der Waals surface area (Å²) < 4.78 is 4.90. The van der Waals surface area contributed by atoms with Crippen LogP contribution in [0.1, 0.15) is 10.4 Å². The Morgan fingerprint density at radius 2 is 2.08 bits per heavy atom. The number of halogens is 1. The number of carbonyl (C=O) groups excluding carboxylic acids is 2. The molecule has 25 heavy (non-hydrogen) atoms. The Bertz CT molecular complexity index is 717. The van der Waals surface area contributed by atoms with Crippen LogP contribution in [-0.4, -0.2) is 30.8 Å². The highest BCUT2D eigenvalue weighted by molar-refractivity contribution is 7.98. The zero-order chi connectivity index (χ0) is 17.9. The summed E-state index contributed by atoms with van der Waals surface area (Å²) in [6, 6.07) is 11.3. The van der Waals surface area contributed by atoms with Gasteiger partial charge in [-0.3, -0.25) is 4.79 Å². The fourth-order valence-electron chi connectivity index (χ4n) is 1.83. The minimum Gasteiger partial charge on any atom is -0.452 e. The second kappa shape index (κ2) is 11.0. The van der Waals surface area contributed by atoms with Crippen molar-refractivity contribution in [3.63, 3.8) is 0 Å². The van der Waals surface area contributed by atoms with Crippen LogP contribution in [0.5, 0.6) is 0 Å². The topological polar surface area (TPSA) is 55.4 Å². The first-order valence-electron chi connectivity index (χ1n) is 7.61. The number of rotatable bonds is 9. The number of amides is 1. The normalized spacial score (nSPS) is 10.8. The van der Waals surface area contributed by atoms with Crippen LogP contribution >= 0.6 is 34.7 Å². The van der Waals surface area contributed by atoms with Crippen LogP contribution in [0.15, 0.2) is 47.9 Å². The molecular weight excluding hydrogens is 378 g/mol. The first-order valence-corrected chi connectivity index (χ1v) is 10.0. The second-order valence-corrected chi connectivity index (χ2v) is 7.49. The molecule has 1 N–H and O–H groups in total. The van der Waals surface area contributed by atoms with Gasteiger partial charge in [-0.05, 0) is 29.2 Å². The van der Waals surface area contributed by atoms with Gasteiger partial charge in [0.25, 0.3) is 5.91 Å². The van der Waals surface area contributed by atoms with Crippen LogP contribution in [0.2, 0.25) is 5.02 Å². The van der Waals surface area contributed by atoms with Gasteiger partial charge in [-0.15, -0.1) is 11.3 Å². The van der Waals surface area contributed by atoms with Gasteiger partial charge in [0.2, 0.25) is 0 Å². The minimum atomic E-state index is -0.581. The van der Waals surface area contributed by atoms with E-state index in [1.54, 1.807) is 47.4 Å². The number of hydrogen-bond donors (Lipinski definition) is 1. The number of carbonyl (C=O) groups is 2. The van der Waals surface area contributed by atoms with Gasteiger partial charge in [0, 0.05) is 34.0 Å². The van der Waals surface area contributed by atoms with Crippen LogP contribution in [0, 0.1) is 0 Å².